The summed E-state index contributed by atoms with van der Waals surface area (Å²) >= 11 is 0. The lowest BCUT2D eigenvalue weighted by Crippen LogP contribution is -2.62. The number of H-pyrrole nitrogens is 1. The first-order valence-corrected chi connectivity index (χ1v) is 27.1. The summed E-state index contributed by atoms with van der Waals surface area (Å²) in [5, 5.41) is 26.5. The van der Waals surface area contributed by atoms with E-state index in [1.807, 2.05) is 13.0 Å². The van der Waals surface area contributed by atoms with Crippen molar-refractivity contribution in [1.82, 2.24) is 51.7 Å². The number of rotatable bonds is 31. The van der Waals surface area contributed by atoms with Gasteiger partial charge >= 0.3 is 12.1 Å². The number of benzene rings is 2. The lowest BCUT2D eigenvalue weighted by Gasteiger charge is -2.32. The van der Waals surface area contributed by atoms with Gasteiger partial charge in [-0.1, -0.05) is 89.9 Å². The minimum atomic E-state index is -1.39. The summed E-state index contributed by atoms with van der Waals surface area (Å²) in [5.74, 6) is -6.93. The molecule has 2 aromatic carbocycles. The van der Waals surface area contributed by atoms with Crippen LogP contribution in [0.2, 0.25) is 0 Å². The highest BCUT2D eigenvalue weighted by molar-refractivity contribution is 5.98. The van der Waals surface area contributed by atoms with Crippen molar-refractivity contribution in [1.29, 1.82) is 0 Å². The number of likely N-dealkylation sites (tertiary alicyclic amines) is 1. The first-order chi connectivity index (χ1) is 38.1. The van der Waals surface area contributed by atoms with Crippen LogP contribution in [-0.2, 0) is 67.3 Å². The minimum absolute atomic E-state index is 0.00667. The van der Waals surface area contributed by atoms with Crippen molar-refractivity contribution >= 4 is 59.4 Å². The van der Waals surface area contributed by atoms with Gasteiger partial charge in [0.05, 0.1) is 12.9 Å². The van der Waals surface area contributed by atoms with E-state index in [2.05, 4.69) is 46.9 Å². The maximum Gasteiger partial charge on any atom is 0.410 e. The number of hydrogen-bond acceptors (Lipinski definition) is 14. The Hall–Kier alpha value is -8.25. The van der Waals surface area contributed by atoms with Gasteiger partial charge in [-0.3, -0.25) is 38.6 Å². The number of amides is 8. The molecule has 0 saturated carbocycles. The Morgan fingerprint density at radius 3 is 2.09 bits per heavy atom. The van der Waals surface area contributed by atoms with E-state index in [1.54, 1.807) is 64.1 Å². The van der Waals surface area contributed by atoms with Crippen LogP contribution in [0, 0.1) is 11.8 Å². The molecule has 1 unspecified atom stereocenters. The molecule has 0 spiro atoms. The SMILES string of the molecule is CCCCOC(=O)[C@@H](C)NC(=O)[C@@H]1CCCN1C(=O)[C@H](Cc1cnc[nH]1)NC(=O)[C@@H](NC(=O)[C@H](Cc1ccc(O)cc1)NC(=O)[C@@H](NC(=O)[C@H](CCCN=C(N)N)NC(=O)CN(C)C(=O)OCc1ccccc1)C(C)C)C(C)CC. The van der Waals surface area contributed by atoms with Crippen LogP contribution in [0.15, 0.2) is 72.1 Å². The fraction of sp³-hybridized carbons (Fsp3) is 0.545. The monoisotopic (exact) mass is 1120 g/mol. The van der Waals surface area contributed by atoms with Crippen molar-refractivity contribution < 1.29 is 57.7 Å². The number of guanidine groups is 1. The molecular formula is C55H81N13O12. The van der Waals surface area contributed by atoms with Gasteiger partial charge in [0, 0.05) is 44.9 Å². The van der Waals surface area contributed by atoms with Crippen LogP contribution >= 0.6 is 0 Å². The highest BCUT2D eigenvalue weighted by atomic mass is 16.6. The van der Waals surface area contributed by atoms with Crippen LogP contribution in [0.1, 0.15) is 103 Å². The van der Waals surface area contributed by atoms with E-state index < -0.39 is 114 Å². The molecule has 8 amide bonds. The highest BCUT2D eigenvalue weighted by Crippen LogP contribution is 2.21. The fourth-order valence-electron chi connectivity index (χ4n) is 8.60. The molecule has 438 valence electrons. The van der Waals surface area contributed by atoms with E-state index in [9.17, 15) is 48.3 Å². The number of phenolic OH excluding ortho intramolecular Hbond substituents is 1. The number of aromatic hydroxyl groups is 1. The summed E-state index contributed by atoms with van der Waals surface area (Å²) in [6.07, 6.45) is 4.74. The number of hydrogen-bond donors (Lipinski definition) is 10. The third-order valence-electron chi connectivity index (χ3n) is 13.4. The number of aromatic nitrogens is 2. The molecule has 1 aromatic heterocycles. The number of imidazole rings is 1. The van der Waals surface area contributed by atoms with Crippen molar-refractivity contribution in [3.8, 4) is 5.75 Å². The first kappa shape index (κ1) is 64.3. The molecular weight excluding hydrogens is 1030 g/mol. The fourth-order valence-corrected chi connectivity index (χ4v) is 8.60. The Kier molecular flexibility index (Phi) is 26.2. The van der Waals surface area contributed by atoms with E-state index in [-0.39, 0.29) is 63.7 Å². The number of carbonyl (C=O) groups is 9. The molecule has 0 bridgehead atoms. The third-order valence-corrected chi connectivity index (χ3v) is 13.4. The average Bonchev–Trinajstić information content (AvgIpc) is 4.15. The number of likely N-dealkylation sites (N-methyl/N-ethyl adjacent to an activating group) is 1. The maximum absolute atomic E-state index is 14.7. The first-order valence-electron chi connectivity index (χ1n) is 27.1. The Morgan fingerprint density at radius 2 is 1.45 bits per heavy atom. The Morgan fingerprint density at radius 1 is 0.787 bits per heavy atom. The van der Waals surface area contributed by atoms with Crippen LogP contribution in [-0.4, -0.2) is 160 Å². The Labute approximate surface area is 466 Å². The van der Waals surface area contributed by atoms with Crippen LogP contribution < -0.4 is 43.4 Å². The number of nitrogens with one attached hydrogen (secondary N) is 7. The normalized spacial score (nSPS) is 15.6. The summed E-state index contributed by atoms with van der Waals surface area (Å²) in [6.45, 7) is 10.3. The topological polar surface area (TPSA) is 364 Å². The lowest BCUT2D eigenvalue weighted by molar-refractivity contribution is -0.148. The number of esters is 1. The second-order valence-electron chi connectivity index (χ2n) is 20.3. The molecule has 8 atom stereocenters. The number of nitrogens with zero attached hydrogens (tertiary/aromatic N) is 4. The number of carbonyl (C=O) groups excluding carboxylic acids is 9. The maximum atomic E-state index is 14.7. The van der Waals surface area contributed by atoms with Crippen LogP contribution in [0.4, 0.5) is 4.79 Å². The van der Waals surface area contributed by atoms with Gasteiger partial charge in [-0.15, -0.1) is 0 Å². The summed E-state index contributed by atoms with van der Waals surface area (Å²) < 4.78 is 10.6. The van der Waals surface area contributed by atoms with E-state index in [1.165, 1.54) is 43.5 Å². The molecule has 0 aliphatic carbocycles. The minimum Gasteiger partial charge on any atom is -0.508 e. The summed E-state index contributed by atoms with van der Waals surface area (Å²) in [6, 6.07) is 6.42. The lowest BCUT2D eigenvalue weighted by atomic mass is 9.96. The zero-order chi connectivity index (χ0) is 58.9. The molecule has 3 aromatic rings. The summed E-state index contributed by atoms with van der Waals surface area (Å²) in [7, 11) is 1.36. The molecule has 25 heteroatoms. The van der Waals surface area contributed by atoms with Crippen LogP contribution in [0.5, 0.6) is 5.75 Å². The van der Waals surface area contributed by atoms with Crippen molar-refractivity contribution in [2.24, 2.45) is 28.3 Å². The van der Waals surface area contributed by atoms with Gasteiger partial charge in [0.1, 0.15) is 61.2 Å². The quantitative estimate of drug-likeness (QED) is 0.0187. The van der Waals surface area contributed by atoms with Gasteiger partial charge in [-0.25, -0.2) is 14.6 Å². The number of unbranched alkanes of at least 4 members (excludes halogenated alkanes) is 1. The largest absolute Gasteiger partial charge is 0.508 e. The second-order valence-corrected chi connectivity index (χ2v) is 20.3. The number of nitrogens with two attached hydrogens (primary N) is 2. The van der Waals surface area contributed by atoms with Crippen LogP contribution in [0.3, 0.4) is 0 Å². The van der Waals surface area contributed by atoms with Crippen molar-refractivity contribution in [3.05, 3.63) is 83.9 Å². The molecule has 1 fully saturated rings. The van der Waals surface area contributed by atoms with Gasteiger partial charge < -0.3 is 72.7 Å². The number of phenols is 1. The van der Waals surface area contributed by atoms with Crippen molar-refractivity contribution in [2.45, 2.75) is 148 Å². The van der Waals surface area contributed by atoms with Gasteiger partial charge in [0.15, 0.2) is 5.96 Å². The molecule has 1 aliphatic heterocycles. The molecule has 25 nitrogen and oxygen atoms in total. The van der Waals surface area contributed by atoms with Gasteiger partial charge in [-0.05, 0) is 74.1 Å². The van der Waals surface area contributed by atoms with E-state index in [0.29, 0.717) is 36.9 Å². The molecule has 12 N–H and O–H groups in total. The smallest absolute Gasteiger partial charge is 0.410 e. The summed E-state index contributed by atoms with van der Waals surface area (Å²) in [4.78, 5) is 138. The van der Waals surface area contributed by atoms with Crippen molar-refractivity contribution in [2.75, 3.05) is 33.3 Å². The molecule has 1 saturated heterocycles. The second kappa shape index (κ2) is 32.6. The molecule has 80 heavy (non-hydrogen) atoms. The third kappa shape index (κ3) is 20.8. The molecule has 1 aliphatic rings. The van der Waals surface area contributed by atoms with Gasteiger partial charge in [0.25, 0.3) is 0 Å². The molecule has 2 heterocycles. The number of ether oxygens (including phenoxy) is 2. The number of aromatic amines is 1. The van der Waals surface area contributed by atoms with E-state index in [0.717, 1.165) is 16.9 Å². The van der Waals surface area contributed by atoms with Gasteiger partial charge in [-0.2, -0.15) is 0 Å². The molecule has 4 rings (SSSR count). The zero-order valence-electron chi connectivity index (χ0n) is 46.8. The highest BCUT2D eigenvalue weighted by Gasteiger charge is 2.41. The van der Waals surface area contributed by atoms with E-state index in [4.69, 9.17) is 20.9 Å². The van der Waals surface area contributed by atoms with Crippen molar-refractivity contribution in [3.63, 3.8) is 0 Å². The Balaban J connectivity index is 1.55. The Bertz CT molecular complexity index is 2540. The van der Waals surface area contributed by atoms with E-state index >= 15 is 0 Å². The number of aliphatic imine (C=N–C) groups is 1. The average molecular weight is 1120 g/mol. The summed E-state index contributed by atoms with van der Waals surface area (Å²) in [5.41, 5.74) is 12.8. The van der Waals surface area contributed by atoms with Gasteiger partial charge in [0.2, 0.25) is 41.4 Å². The predicted octanol–water partition coefficient (Wildman–Crippen LogP) is 1.19. The van der Waals surface area contributed by atoms with Crippen LogP contribution in [0.25, 0.3) is 0 Å². The zero-order valence-corrected chi connectivity index (χ0v) is 46.8. The standard InChI is InChI=1S/C55H81N13O12/c1-8-10-26-79-53(77)35(6)61-49(73)43-19-15-25-68(43)52(76)42(28-38-29-58-32-60-38)64-51(75)46(34(5)9-2)66-48(72)41(27-36-20-22-39(69)23-21-36)63-50(74)45(33(3)4)65-47(71)40(18-14-24-59-54(56)57)62-44(70)30-67(7)55(78)80-31-37-16-12-11-13-17-37/h11-13,16-17,20-23,29,32-35,40-43,45-46,69H,8-10,14-15,18-19,24-28,30-31H2,1-7H3,(H,58,60)(H,61,73)(H,62,70)(H,63,74)(H,64,75)(H,65,71)(H,66,72)(H4,56,57,59)/t34?,35-,40+,41+,42+,43+,45+,46+/m1/s1. The molecule has 0 radical (unpaired) electrons. The predicted molar refractivity (Wildman–Crippen MR) is 295 cm³/mol.